The van der Waals surface area contributed by atoms with Crippen LogP contribution in [-0.4, -0.2) is 13.7 Å². The number of hydrogen-bond acceptors (Lipinski definition) is 3. The Hall–Kier alpha value is -2.16. The molecule has 0 atom stereocenters. The van der Waals surface area contributed by atoms with Crippen LogP contribution < -0.4 is 15.4 Å². The van der Waals surface area contributed by atoms with E-state index >= 15 is 0 Å². The number of benzene rings is 2. The second kappa shape index (κ2) is 5.87. The van der Waals surface area contributed by atoms with Gasteiger partial charge in [0.25, 0.3) is 0 Å². The Labute approximate surface area is 121 Å². The summed E-state index contributed by atoms with van der Waals surface area (Å²) < 4.78 is 5.56. The SMILES string of the molecule is CCOc1cc(N(C)c2cc(C)cc(C)c2)ccc1N. The zero-order valence-corrected chi connectivity index (χ0v) is 12.6. The molecule has 0 heterocycles. The summed E-state index contributed by atoms with van der Waals surface area (Å²) in [6.07, 6.45) is 0. The molecule has 0 radical (unpaired) electrons. The number of hydrogen-bond donors (Lipinski definition) is 1. The van der Waals surface area contributed by atoms with Crippen molar-refractivity contribution in [2.45, 2.75) is 20.8 Å². The molecular formula is C17H22N2O. The third-order valence-corrected chi connectivity index (χ3v) is 3.28. The zero-order valence-electron chi connectivity index (χ0n) is 12.6. The van der Waals surface area contributed by atoms with Crippen molar-refractivity contribution in [3.8, 4) is 5.75 Å². The van der Waals surface area contributed by atoms with E-state index in [1.807, 2.05) is 25.1 Å². The minimum atomic E-state index is 0.612. The minimum absolute atomic E-state index is 0.612. The van der Waals surface area contributed by atoms with Crippen LogP contribution in [0.1, 0.15) is 18.1 Å². The van der Waals surface area contributed by atoms with Gasteiger partial charge < -0.3 is 15.4 Å². The molecule has 0 unspecified atom stereocenters. The number of nitrogens with zero attached hydrogens (tertiary/aromatic N) is 1. The van der Waals surface area contributed by atoms with Crippen molar-refractivity contribution in [3.63, 3.8) is 0 Å². The maximum atomic E-state index is 5.92. The summed E-state index contributed by atoms with van der Waals surface area (Å²) >= 11 is 0. The summed E-state index contributed by atoms with van der Waals surface area (Å²) in [6, 6.07) is 12.4. The molecule has 3 nitrogen and oxygen atoms in total. The Morgan fingerprint density at radius 1 is 1.00 bits per heavy atom. The van der Waals surface area contributed by atoms with Crippen LogP contribution in [0.15, 0.2) is 36.4 Å². The fourth-order valence-electron chi connectivity index (χ4n) is 2.31. The smallest absolute Gasteiger partial charge is 0.144 e. The normalized spacial score (nSPS) is 10.4. The van der Waals surface area contributed by atoms with Crippen LogP contribution in [-0.2, 0) is 0 Å². The average molecular weight is 270 g/mol. The van der Waals surface area contributed by atoms with Gasteiger partial charge in [-0.3, -0.25) is 0 Å². The minimum Gasteiger partial charge on any atom is -0.492 e. The van der Waals surface area contributed by atoms with Gasteiger partial charge in [-0.2, -0.15) is 0 Å². The summed E-state index contributed by atoms with van der Waals surface area (Å²) in [5.74, 6) is 0.737. The molecule has 2 rings (SSSR count). The molecule has 0 aromatic heterocycles. The lowest BCUT2D eigenvalue weighted by Crippen LogP contribution is -2.10. The van der Waals surface area contributed by atoms with E-state index in [4.69, 9.17) is 10.5 Å². The zero-order chi connectivity index (χ0) is 14.7. The Balaban J connectivity index is 2.37. The molecule has 0 saturated carbocycles. The summed E-state index contributed by atoms with van der Waals surface area (Å²) in [6.45, 7) is 6.79. The van der Waals surface area contributed by atoms with Crippen LogP contribution in [0.25, 0.3) is 0 Å². The van der Waals surface area contributed by atoms with E-state index in [-0.39, 0.29) is 0 Å². The molecule has 20 heavy (non-hydrogen) atoms. The number of rotatable bonds is 4. The lowest BCUT2D eigenvalue weighted by atomic mass is 10.1. The van der Waals surface area contributed by atoms with Crippen molar-refractivity contribution in [3.05, 3.63) is 47.5 Å². The van der Waals surface area contributed by atoms with Crippen LogP contribution in [0.4, 0.5) is 17.1 Å². The first-order chi connectivity index (χ1) is 9.51. The van der Waals surface area contributed by atoms with Crippen molar-refractivity contribution in [1.29, 1.82) is 0 Å². The molecular weight excluding hydrogens is 248 g/mol. The van der Waals surface area contributed by atoms with E-state index in [0.29, 0.717) is 12.3 Å². The second-order valence-corrected chi connectivity index (χ2v) is 5.06. The summed E-state index contributed by atoms with van der Waals surface area (Å²) in [5.41, 5.74) is 11.3. The first-order valence-electron chi connectivity index (χ1n) is 6.85. The topological polar surface area (TPSA) is 38.5 Å². The molecule has 0 saturated heterocycles. The Morgan fingerprint density at radius 3 is 2.25 bits per heavy atom. The van der Waals surface area contributed by atoms with E-state index in [1.54, 1.807) is 0 Å². The molecule has 0 fully saturated rings. The van der Waals surface area contributed by atoms with Gasteiger partial charge in [-0.05, 0) is 56.2 Å². The molecule has 0 bridgehead atoms. The highest BCUT2D eigenvalue weighted by Gasteiger charge is 2.08. The van der Waals surface area contributed by atoms with Crippen LogP contribution >= 0.6 is 0 Å². The molecule has 0 aliphatic carbocycles. The number of nitrogen functional groups attached to an aromatic ring is 1. The largest absolute Gasteiger partial charge is 0.492 e. The van der Waals surface area contributed by atoms with E-state index in [1.165, 1.54) is 11.1 Å². The molecule has 0 aliphatic rings. The van der Waals surface area contributed by atoms with Gasteiger partial charge in [-0.15, -0.1) is 0 Å². The Bertz CT molecular complexity index is 588. The van der Waals surface area contributed by atoms with Gasteiger partial charge >= 0.3 is 0 Å². The van der Waals surface area contributed by atoms with Crippen LogP contribution in [0, 0.1) is 13.8 Å². The van der Waals surface area contributed by atoms with E-state index in [0.717, 1.165) is 17.1 Å². The number of aryl methyl sites for hydroxylation is 2. The molecule has 0 amide bonds. The van der Waals surface area contributed by atoms with E-state index in [2.05, 4.69) is 44.0 Å². The van der Waals surface area contributed by atoms with Gasteiger partial charge in [0, 0.05) is 24.5 Å². The van der Waals surface area contributed by atoms with Crippen molar-refractivity contribution in [2.75, 3.05) is 24.3 Å². The van der Waals surface area contributed by atoms with Gasteiger partial charge in [-0.25, -0.2) is 0 Å². The van der Waals surface area contributed by atoms with Crippen molar-refractivity contribution < 1.29 is 4.74 Å². The van der Waals surface area contributed by atoms with E-state index in [9.17, 15) is 0 Å². The number of ether oxygens (including phenoxy) is 1. The third kappa shape index (κ3) is 3.05. The fraction of sp³-hybridized carbons (Fsp3) is 0.294. The number of nitrogens with two attached hydrogens (primary N) is 1. The molecule has 0 aliphatic heterocycles. The summed E-state index contributed by atoms with van der Waals surface area (Å²) in [7, 11) is 2.05. The number of anilines is 3. The quantitative estimate of drug-likeness (QED) is 0.852. The second-order valence-electron chi connectivity index (χ2n) is 5.06. The average Bonchev–Trinajstić information content (AvgIpc) is 2.39. The first kappa shape index (κ1) is 14.3. The van der Waals surface area contributed by atoms with Crippen LogP contribution in [0.5, 0.6) is 5.75 Å². The van der Waals surface area contributed by atoms with Gasteiger partial charge in [0.2, 0.25) is 0 Å². The first-order valence-corrected chi connectivity index (χ1v) is 6.85. The predicted molar refractivity (Wildman–Crippen MR) is 86.0 cm³/mol. The van der Waals surface area contributed by atoms with Crippen molar-refractivity contribution in [1.82, 2.24) is 0 Å². The molecule has 106 valence electrons. The van der Waals surface area contributed by atoms with Crippen molar-refractivity contribution >= 4 is 17.1 Å². The highest BCUT2D eigenvalue weighted by Crippen LogP contribution is 2.31. The molecule has 3 heteroatoms. The Morgan fingerprint density at radius 2 is 1.65 bits per heavy atom. The van der Waals surface area contributed by atoms with Gasteiger partial charge in [-0.1, -0.05) is 6.07 Å². The van der Waals surface area contributed by atoms with Gasteiger partial charge in [0.15, 0.2) is 0 Å². The molecule has 2 N–H and O–H groups in total. The highest BCUT2D eigenvalue weighted by molar-refractivity contribution is 5.69. The lowest BCUT2D eigenvalue weighted by molar-refractivity contribution is 0.342. The van der Waals surface area contributed by atoms with E-state index < -0.39 is 0 Å². The standard InChI is InChI=1S/C17H22N2O/c1-5-20-17-11-14(6-7-16(17)18)19(4)15-9-12(2)8-13(3)10-15/h6-11H,5,18H2,1-4H3. The molecule has 0 spiro atoms. The highest BCUT2D eigenvalue weighted by atomic mass is 16.5. The lowest BCUT2D eigenvalue weighted by Gasteiger charge is -2.22. The van der Waals surface area contributed by atoms with Crippen molar-refractivity contribution in [2.24, 2.45) is 0 Å². The Kier molecular flexibility index (Phi) is 4.18. The predicted octanol–water partition coefficient (Wildman–Crippen LogP) is 4.05. The monoisotopic (exact) mass is 270 g/mol. The maximum Gasteiger partial charge on any atom is 0.144 e. The third-order valence-electron chi connectivity index (χ3n) is 3.28. The summed E-state index contributed by atoms with van der Waals surface area (Å²) in [4.78, 5) is 2.14. The summed E-state index contributed by atoms with van der Waals surface area (Å²) in [5, 5.41) is 0. The van der Waals surface area contributed by atoms with Crippen LogP contribution in [0.2, 0.25) is 0 Å². The van der Waals surface area contributed by atoms with Gasteiger partial charge in [0.1, 0.15) is 5.75 Å². The maximum absolute atomic E-state index is 5.92. The fourth-order valence-corrected chi connectivity index (χ4v) is 2.31. The van der Waals surface area contributed by atoms with Crippen LogP contribution in [0.3, 0.4) is 0 Å². The van der Waals surface area contributed by atoms with Gasteiger partial charge in [0.05, 0.1) is 12.3 Å². The molecule has 2 aromatic rings. The molecule has 2 aromatic carbocycles.